The fourth-order valence-electron chi connectivity index (χ4n) is 4.09. The van der Waals surface area contributed by atoms with Crippen molar-refractivity contribution < 1.29 is 4.79 Å². The molecule has 2 fully saturated rings. The molecule has 7 heteroatoms. The Balaban J connectivity index is 1.77. The van der Waals surface area contributed by atoms with Gasteiger partial charge >= 0.3 is 0 Å². The van der Waals surface area contributed by atoms with Gasteiger partial charge in [-0.1, -0.05) is 48.7 Å². The summed E-state index contributed by atoms with van der Waals surface area (Å²) in [4.78, 5) is 17.7. The van der Waals surface area contributed by atoms with Crippen LogP contribution < -0.4 is 4.90 Å². The molecule has 0 bridgehead atoms. The van der Waals surface area contributed by atoms with Gasteiger partial charge in [-0.2, -0.15) is 12.6 Å². The van der Waals surface area contributed by atoms with E-state index in [1.165, 1.54) is 0 Å². The summed E-state index contributed by atoms with van der Waals surface area (Å²) in [6.45, 7) is 4.66. The number of rotatable bonds is 3. The van der Waals surface area contributed by atoms with Gasteiger partial charge in [0, 0.05) is 49.0 Å². The van der Waals surface area contributed by atoms with Crippen LogP contribution in [-0.4, -0.2) is 60.0 Å². The van der Waals surface area contributed by atoms with E-state index in [0.717, 1.165) is 73.0 Å². The van der Waals surface area contributed by atoms with Crippen molar-refractivity contribution in [1.82, 2.24) is 9.21 Å². The zero-order chi connectivity index (χ0) is 22.0. The van der Waals surface area contributed by atoms with Crippen LogP contribution in [0.25, 0.3) is 17.2 Å². The number of carbonyl (C=O) groups excluding carboxylic acids is 1. The number of piperazine rings is 1. The normalized spacial score (nSPS) is 22.1. The molecular formula is C24H28ClN3OS2. The molecule has 0 spiro atoms. The van der Waals surface area contributed by atoms with E-state index in [4.69, 9.17) is 11.6 Å². The van der Waals surface area contributed by atoms with Crippen LogP contribution in [0.5, 0.6) is 0 Å². The number of carbonyl (C=O) groups is 1. The Labute approximate surface area is 200 Å². The standard InChI is InChI=1S/C24H28ClN3OS2/c1-26-11-13-27(14-12-26)21-15-18(17-6-8-20(25)9-7-17)4-5-19(21)16-22-24(29)23(30)3-2-10-28(22)31/h4-9,15-16,23,30-31H,2-3,10-14H2,1H3. The minimum Gasteiger partial charge on any atom is -0.368 e. The van der Waals surface area contributed by atoms with Crippen molar-refractivity contribution >= 4 is 54.6 Å². The number of hydrogen-bond acceptors (Lipinski definition) is 6. The van der Waals surface area contributed by atoms with Gasteiger partial charge in [-0.3, -0.25) is 4.79 Å². The zero-order valence-electron chi connectivity index (χ0n) is 17.7. The topological polar surface area (TPSA) is 26.8 Å². The summed E-state index contributed by atoms with van der Waals surface area (Å²) in [6, 6.07) is 14.4. The lowest BCUT2D eigenvalue weighted by Crippen LogP contribution is -2.44. The molecule has 2 aromatic rings. The predicted octanol–water partition coefficient (Wildman–Crippen LogP) is 4.91. The van der Waals surface area contributed by atoms with Crippen LogP contribution in [0.4, 0.5) is 5.69 Å². The predicted molar refractivity (Wildman–Crippen MR) is 137 cm³/mol. The molecule has 0 aliphatic carbocycles. The van der Waals surface area contributed by atoms with Gasteiger partial charge in [0.05, 0.1) is 10.9 Å². The number of Topliss-reactive ketones (excluding diaryl/α,β-unsaturated/α-hetero) is 1. The molecule has 4 nitrogen and oxygen atoms in total. The smallest absolute Gasteiger partial charge is 0.192 e. The zero-order valence-corrected chi connectivity index (χ0v) is 20.2. The molecule has 0 aromatic heterocycles. The van der Waals surface area contributed by atoms with Crippen LogP contribution in [0.1, 0.15) is 18.4 Å². The van der Waals surface area contributed by atoms with Gasteiger partial charge < -0.3 is 14.1 Å². The van der Waals surface area contributed by atoms with Gasteiger partial charge in [0.25, 0.3) is 0 Å². The van der Waals surface area contributed by atoms with Crippen LogP contribution in [0, 0.1) is 0 Å². The number of allylic oxidation sites excluding steroid dienone is 1. The molecule has 2 aliphatic rings. The number of nitrogens with zero attached hydrogens (tertiary/aromatic N) is 3. The molecule has 2 saturated heterocycles. The Hall–Kier alpha value is -1.60. The van der Waals surface area contributed by atoms with Crippen LogP contribution in [-0.2, 0) is 4.79 Å². The number of anilines is 1. The van der Waals surface area contributed by atoms with Gasteiger partial charge in [-0.05, 0) is 55.3 Å². The molecule has 2 aliphatic heterocycles. The summed E-state index contributed by atoms with van der Waals surface area (Å²) >= 11 is 15.2. The molecule has 1 unspecified atom stereocenters. The summed E-state index contributed by atoms with van der Waals surface area (Å²) < 4.78 is 1.78. The van der Waals surface area contributed by atoms with Crippen molar-refractivity contribution in [2.45, 2.75) is 18.1 Å². The molecule has 0 amide bonds. The molecule has 4 rings (SSSR count). The third-order valence-corrected chi connectivity index (χ3v) is 7.18. The van der Waals surface area contributed by atoms with E-state index in [2.05, 4.69) is 60.5 Å². The summed E-state index contributed by atoms with van der Waals surface area (Å²) in [6.07, 6.45) is 3.67. The summed E-state index contributed by atoms with van der Waals surface area (Å²) in [5.74, 6) is 0.0435. The lowest BCUT2D eigenvalue weighted by Gasteiger charge is -2.35. The maximum atomic E-state index is 12.9. The third-order valence-electron chi connectivity index (χ3n) is 6.02. The van der Waals surface area contributed by atoms with Gasteiger partial charge in [0.1, 0.15) is 0 Å². The van der Waals surface area contributed by atoms with Crippen molar-refractivity contribution in [2.24, 2.45) is 0 Å². The van der Waals surface area contributed by atoms with Crippen molar-refractivity contribution in [2.75, 3.05) is 44.7 Å². The SMILES string of the molecule is CN1CCN(c2cc(-c3ccc(Cl)cc3)ccc2C=C2C(=O)C(S)CCCN2S)CC1. The van der Waals surface area contributed by atoms with Crippen LogP contribution in [0.3, 0.4) is 0 Å². The van der Waals surface area contributed by atoms with E-state index in [1.54, 1.807) is 4.31 Å². The molecule has 0 N–H and O–H groups in total. The maximum Gasteiger partial charge on any atom is 0.192 e. The quantitative estimate of drug-likeness (QED) is 0.489. The first-order valence-electron chi connectivity index (χ1n) is 10.7. The van der Waals surface area contributed by atoms with Crippen LogP contribution in [0.15, 0.2) is 48.2 Å². The number of likely N-dealkylation sites (N-methyl/N-ethyl adjacent to an activating group) is 1. The van der Waals surface area contributed by atoms with E-state index in [0.29, 0.717) is 5.70 Å². The first-order valence-corrected chi connectivity index (χ1v) is 12.0. The van der Waals surface area contributed by atoms with Gasteiger partial charge in [0.15, 0.2) is 5.78 Å². The number of halogens is 1. The van der Waals surface area contributed by atoms with Crippen molar-refractivity contribution in [1.29, 1.82) is 0 Å². The number of thiol groups is 2. The number of ketones is 1. The highest BCUT2D eigenvalue weighted by molar-refractivity contribution is 7.82. The summed E-state index contributed by atoms with van der Waals surface area (Å²) in [5.41, 5.74) is 5.05. The lowest BCUT2D eigenvalue weighted by molar-refractivity contribution is -0.115. The molecular weight excluding hydrogens is 446 g/mol. The van der Waals surface area contributed by atoms with Gasteiger partial charge in [0.2, 0.25) is 0 Å². The highest BCUT2D eigenvalue weighted by Gasteiger charge is 2.26. The molecule has 0 radical (unpaired) electrons. The summed E-state index contributed by atoms with van der Waals surface area (Å²) in [7, 11) is 2.15. The fourth-order valence-corrected chi connectivity index (χ4v) is 4.82. The Kier molecular flexibility index (Phi) is 7.22. The minimum absolute atomic E-state index is 0.0435. The average Bonchev–Trinajstić information content (AvgIpc) is 2.88. The third kappa shape index (κ3) is 5.25. The second-order valence-corrected chi connectivity index (χ2v) is 9.79. The number of hydrogen-bond donors (Lipinski definition) is 2. The Morgan fingerprint density at radius 3 is 2.39 bits per heavy atom. The van der Waals surface area contributed by atoms with Gasteiger partial charge in [-0.15, -0.1) is 0 Å². The highest BCUT2D eigenvalue weighted by Crippen LogP contribution is 2.33. The van der Waals surface area contributed by atoms with E-state index < -0.39 is 0 Å². The Morgan fingerprint density at radius 2 is 1.68 bits per heavy atom. The molecule has 31 heavy (non-hydrogen) atoms. The largest absolute Gasteiger partial charge is 0.368 e. The van der Waals surface area contributed by atoms with Crippen LogP contribution >= 0.6 is 37.0 Å². The molecule has 164 valence electrons. The van der Waals surface area contributed by atoms with E-state index in [1.807, 2.05) is 30.3 Å². The van der Waals surface area contributed by atoms with E-state index in [-0.39, 0.29) is 11.0 Å². The Morgan fingerprint density at radius 1 is 1.00 bits per heavy atom. The number of benzene rings is 2. The van der Waals surface area contributed by atoms with Gasteiger partial charge in [-0.25, -0.2) is 0 Å². The first kappa shape index (κ1) is 22.6. The molecule has 0 saturated carbocycles. The Bertz CT molecular complexity index is 971. The molecule has 2 aromatic carbocycles. The highest BCUT2D eigenvalue weighted by atomic mass is 35.5. The van der Waals surface area contributed by atoms with E-state index in [9.17, 15) is 4.79 Å². The average molecular weight is 474 g/mol. The van der Waals surface area contributed by atoms with Crippen molar-refractivity contribution in [3.8, 4) is 11.1 Å². The minimum atomic E-state index is -0.274. The summed E-state index contributed by atoms with van der Waals surface area (Å²) in [5, 5.41) is 0.454. The van der Waals surface area contributed by atoms with Crippen molar-refractivity contribution in [3.05, 3.63) is 58.7 Å². The molecule has 2 heterocycles. The maximum absolute atomic E-state index is 12.9. The molecule has 1 atom stereocenters. The second-order valence-electron chi connectivity index (χ2n) is 8.25. The van der Waals surface area contributed by atoms with E-state index >= 15 is 0 Å². The lowest BCUT2D eigenvalue weighted by atomic mass is 10.00. The monoisotopic (exact) mass is 473 g/mol. The second kappa shape index (κ2) is 9.90. The van der Waals surface area contributed by atoms with Crippen molar-refractivity contribution in [3.63, 3.8) is 0 Å². The fraction of sp³-hybridized carbons (Fsp3) is 0.375. The first-order chi connectivity index (χ1) is 14.9. The van der Waals surface area contributed by atoms with Crippen LogP contribution in [0.2, 0.25) is 5.02 Å².